The topological polar surface area (TPSA) is 3.24 Å². The highest BCUT2D eigenvalue weighted by Crippen LogP contribution is 2.35. The van der Waals surface area contributed by atoms with Crippen LogP contribution in [0.4, 0.5) is 5.69 Å². The molecule has 0 radical (unpaired) electrons. The summed E-state index contributed by atoms with van der Waals surface area (Å²) in [6.07, 6.45) is 5.27. The predicted molar refractivity (Wildman–Crippen MR) is 60.0 cm³/mol. The van der Waals surface area contributed by atoms with Gasteiger partial charge in [0.15, 0.2) is 0 Å². The number of nitrogens with zero attached hydrogens (tertiary/aromatic N) is 1. The molecule has 0 spiro atoms. The van der Waals surface area contributed by atoms with Gasteiger partial charge in [-0.05, 0) is 43.7 Å². The van der Waals surface area contributed by atoms with E-state index in [2.05, 4.69) is 24.0 Å². The molecule has 0 atom stereocenters. The second-order valence-corrected chi connectivity index (χ2v) is 4.63. The molecule has 0 unspecified atom stereocenters. The Balaban J connectivity index is 2.20. The van der Waals surface area contributed by atoms with Crippen molar-refractivity contribution in [2.75, 3.05) is 18.0 Å². The first kappa shape index (κ1) is 8.34. The first-order valence-electron chi connectivity index (χ1n) is 5.72. The van der Waals surface area contributed by atoms with Gasteiger partial charge < -0.3 is 4.90 Å². The summed E-state index contributed by atoms with van der Waals surface area (Å²) < 4.78 is 0. The zero-order chi connectivity index (χ0) is 9.54. The molecule has 1 nitrogen and oxygen atoms in total. The smallest absolute Gasteiger partial charge is 0.0431 e. The molecule has 1 heteroatoms. The Hall–Kier alpha value is -0.980. The van der Waals surface area contributed by atoms with E-state index < -0.39 is 0 Å². The molecule has 0 aromatic heterocycles. The van der Waals surface area contributed by atoms with Crippen LogP contribution in [0.3, 0.4) is 0 Å². The van der Waals surface area contributed by atoms with Crippen LogP contribution in [-0.4, -0.2) is 13.1 Å². The van der Waals surface area contributed by atoms with Crippen molar-refractivity contribution in [3.8, 4) is 0 Å². The fraction of sp³-hybridized carbons (Fsp3) is 0.538. The summed E-state index contributed by atoms with van der Waals surface area (Å²) in [6, 6.07) is 4.77. The van der Waals surface area contributed by atoms with Crippen molar-refractivity contribution < 1.29 is 0 Å². The molecular weight excluding hydrogens is 170 g/mol. The van der Waals surface area contributed by atoms with E-state index in [0.717, 1.165) is 0 Å². The van der Waals surface area contributed by atoms with Crippen molar-refractivity contribution in [3.63, 3.8) is 0 Å². The molecule has 1 aromatic carbocycles. The van der Waals surface area contributed by atoms with Gasteiger partial charge in [0, 0.05) is 18.8 Å². The van der Waals surface area contributed by atoms with Crippen molar-refractivity contribution >= 4 is 5.69 Å². The number of hydrogen-bond acceptors (Lipinski definition) is 1. The van der Waals surface area contributed by atoms with Gasteiger partial charge in [0.1, 0.15) is 0 Å². The number of rotatable bonds is 0. The van der Waals surface area contributed by atoms with Gasteiger partial charge in [-0.2, -0.15) is 0 Å². The van der Waals surface area contributed by atoms with E-state index in [9.17, 15) is 0 Å². The third kappa shape index (κ3) is 1.15. The van der Waals surface area contributed by atoms with Crippen LogP contribution in [0, 0.1) is 6.92 Å². The van der Waals surface area contributed by atoms with Crippen LogP contribution in [0.5, 0.6) is 0 Å². The number of anilines is 1. The SMILES string of the molecule is Cc1cc2c3c(c1)CCCN3CCC2. The van der Waals surface area contributed by atoms with Crippen LogP contribution < -0.4 is 4.90 Å². The summed E-state index contributed by atoms with van der Waals surface area (Å²) in [4.78, 5) is 2.59. The van der Waals surface area contributed by atoms with E-state index >= 15 is 0 Å². The fourth-order valence-corrected chi connectivity index (χ4v) is 2.98. The number of aryl methyl sites for hydroxylation is 3. The van der Waals surface area contributed by atoms with E-state index in [0.29, 0.717) is 0 Å². The van der Waals surface area contributed by atoms with Gasteiger partial charge in [-0.15, -0.1) is 0 Å². The second-order valence-electron chi connectivity index (χ2n) is 4.63. The third-order valence-corrected chi connectivity index (χ3v) is 3.48. The van der Waals surface area contributed by atoms with Gasteiger partial charge >= 0.3 is 0 Å². The molecule has 0 fully saturated rings. The molecule has 74 valence electrons. The van der Waals surface area contributed by atoms with Gasteiger partial charge in [-0.3, -0.25) is 0 Å². The predicted octanol–water partition coefficient (Wildman–Crippen LogP) is 2.69. The highest BCUT2D eigenvalue weighted by molar-refractivity contribution is 5.63. The van der Waals surface area contributed by atoms with Crippen molar-refractivity contribution in [1.82, 2.24) is 0 Å². The Morgan fingerprint density at radius 1 is 1.00 bits per heavy atom. The molecule has 2 aliphatic heterocycles. The zero-order valence-corrected chi connectivity index (χ0v) is 8.84. The van der Waals surface area contributed by atoms with Crippen molar-refractivity contribution in [3.05, 3.63) is 28.8 Å². The minimum atomic E-state index is 1.28. The summed E-state index contributed by atoms with van der Waals surface area (Å²) in [5.41, 5.74) is 6.24. The maximum absolute atomic E-state index is 2.59. The Kier molecular flexibility index (Phi) is 1.79. The average Bonchev–Trinajstić information content (AvgIpc) is 2.18. The minimum absolute atomic E-state index is 1.28. The van der Waals surface area contributed by atoms with E-state index in [1.54, 1.807) is 16.8 Å². The maximum Gasteiger partial charge on any atom is 0.0431 e. The van der Waals surface area contributed by atoms with Crippen LogP contribution in [0.1, 0.15) is 29.5 Å². The first-order valence-corrected chi connectivity index (χ1v) is 5.72. The molecule has 0 N–H and O–H groups in total. The largest absolute Gasteiger partial charge is 0.371 e. The monoisotopic (exact) mass is 187 g/mol. The first-order chi connectivity index (χ1) is 6.84. The van der Waals surface area contributed by atoms with Crippen molar-refractivity contribution in [2.24, 2.45) is 0 Å². The van der Waals surface area contributed by atoms with E-state index in [-0.39, 0.29) is 0 Å². The Bertz CT molecular complexity index is 336. The molecule has 0 aliphatic carbocycles. The summed E-state index contributed by atoms with van der Waals surface area (Å²) in [6.45, 7) is 4.79. The molecule has 0 saturated carbocycles. The van der Waals surface area contributed by atoms with Gasteiger partial charge in [-0.25, -0.2) is 0 Å². The van der Waals surface area contributed by atoms with Crippen LogP contribution in [0.25, 0.3) is 0 Å². The third-order valence-electron chi connectivity index (χ3n) is 3.48. The van der Waals surface area contributed by atoms with Crippen molar-refractivity contribution in [2.45, 2.75) is 32.6 Å². The van der Waals surface area contributed by atoms with E-state index in [4.69, 9.17) is 0 Å². The molecule has 2 heterocycles. The van der Waals surface area contributed by atoms with E-state index in [1.165, 1.54) is 44.3 Å². The minimum Gasteiger partial charge on any atom is -0.371 e. The molecule has 0 amide bonds. The molecule has 1 aromatic rings. The highest BCUT2D eigenvalue weighted by atomic mass is 15.1. The Labute approximate surface area is 85.7 Å². The number of hydrogen-bond donors (Lipinski definition) is 0. The maximum atomic E-state index is 2.59. The van der Waals surface area contributed by atoms with E-state index in [1.807, 2.05) is 0 Å². The average molecular weight is 187 g/mol. The lowest BCUT2D eigenvalue weighted by atomic mass is 9.90. The molecule has 0 bridgehead atoms. The normalized spacial score (nSPS) is 19.4. The van der Waals surface area contributed by atoms with Crippen LogP contribution in [0.2, 0.25) is 0 Å². The summed E-state index contributed by atoms with van der Waals surface area (Å²) in [5, 5.41) is 0. The van der Waals surface area contributed by atoms with Gasteiger partial charge in [-0.1, -0.05) is 17.7 Å². The van der Waals surface area contributed by atoms with Gasteiger partial charge in [0.2, 0.25) is 0 Å². The summed E-state index contributed by atoms with van der Waals surface area (Å²) in [5.74, 6) is 0. The lowest BCUT2D eigenvalue weighted by Gasteiger charge is -2.37. The Morgan fingerprint density at radius 2 is 1.57 bits per heavy atom. The summed E-state index contributed by atoms with van der Waals surface area (Å²) in [7, 11) is 0. The molecule has 0 saturated heterocycles. The van der Waals surface area contributed by atoms with Gasteiger partial charge in [0.25, 0.3) is 0 Å². The molecule has 2 aliphatic rings. The van der Waals surface area contributed by atoms with Crippen LogP contribution in [0.15, 0.2) is 12.1 Å². The summed E-state index contributed by atoms with van der Waals surface area (Å²) >= 11 is 0. The Morgan fingerprint density at radius 3 is 2.14 bits per heavy atom. The molecular formula is C13H17N. The fourth-order valence-electron chi connectivity index (χ4n) is 2.98. The lowest BCUT2D eigenvalue weighted by molar-refractivity contribution is 0.633. The quantitative estimate of drug-likeness (QED) is 0.603. The molecule has 14 heavy (non-hydrogen) atoms. The molecule has 3 rings (SSSR count). The van der Waals surface area contributed by atoms with Crippen LogP contribution >= 0.6 is 0 Å². The number of benzene rings is 1. The zero-order valence-electron chi connectivity index (χ0n) is 8.84. The van der Waals surface area contributed by atoms with Crippen LogP contribution in [-0.2, 0) is 12.8 Å². The second kappa shape index (κ2) is 3.01. The van der Waals surface area contributed by atoms with Crippen molar-refractivity contribution in [1.29, 1.82) is 0 Å². The van der Waals surface area contributed by atoms with Gasteiger partial charge in [0.05, 0.1) is 0 Å². The standard InChI is InChI=1S/C13H17N/c1-10-8-11-4-2-6-14-7-3-5-12(9-10)13(11)14/h8-9H,2-7H2,1H3. The lowest BCUT2D eigenvalue weighted by Crippen LogP contribution is -2.34. The highest BCUT2D eigenvalue weighted by Gasteiger charge is 2.23.